The van der Waals surface area contributed by atoms with Gasteiger partial charge in [-0.1, -0.05) is 0 Å². The van der Waals surface area contributed by atoms with Gasteiger partial charge in [0.2, 0.25) is 0 Å². The Morgan fingerprint density at radius 3 is 2.92 bits per heavy atom. The first-order valence-corrected chi connectivity index (χ1v) is 8.68. The number of likely N-dealkylation sites (tertiary alicyclic amines) is 1. The second kappa shape index (κ2) is 7.21. The zero-order chi connectivity index (χ0) is 18.0. The van der Waals surface area contributed by atoms with Gasteiger partial charge in [0.05, 0.1) is 12.5 Å². The first kappa shape index (κ1) is 17.4. The highest BCUT2D eigenvalue weighted by Crippen LogP contribution is 2.35. The average molecular weight is 348 g/mol. The fraction of sp³-hybridized carbons (Fsp3) is 0.556. The lowest BCUT2D eigenvalue weighted by Crippen LogP contribution is -2.38. The van der Waals surface area contributed by atoms with Crippen LogP contribution >= 0.6 is 0 Å². The van der Waals surface area contributed by atoms with Gasteiger partial charge in [-0.25, -0.2) is 4.79 Å². The minimum atomic E-state index is -0.848. The number of nitrogens with zero attached hydrogens (tertiary/aromatic N) is 1. The molecule has 1 aromatic carbocycles. The number of hydrogen-bond acceptors (Lipinski definition) is 4. The molecule has 0 radical (unpaired) electrons. The van der Waals surface area contributed by atoms with E-state index >= 15 is 0 Å². The number of carbonyl (C=O) groups is 2. The molecule has 2 aliphatic heterocycles. The summed E-state index contributed by atoms with van der Waals surface area (Å²) < 4.78 is 11.5. The summed E-state index contributed by atoms with van der Waals surface area (Å²) in [6.45, 7) is 5.52. The van der Waals surface area contributed by atoms with Crippen molar-refractivity contribution in [1.82, 2.24) is 10.2 Å². The Bertz CT molecular complexity index is 676. The molecule has 2 unspecified atom stereocenters. The standard InChI is InChI=1S/C18H24N2O5/c1-3-24-15-7-13-6-11(2)25-16(13)8-14(15)9-19-18(23)20-5-4-12(10-20)17(21)22/h7-8,11-12H,3-6,9-10H2,1-2H3,(H,19,23)(H,21,22). The van der Waals surface area contributed by atoms with Gasteiger partial charge in [-0.2, -0.15) is 0 Å². The zero-order valence-corrected chi connectivity index (χ0v) is 14.6. The van der Waals surface area contributed by atoms with Crippen molar-refractivity contribution in [2.24, 2.45) is 5.92 Å². The molecular weight excluding hydrogens is 324 g/mol. The third kappa shape index (κ3) is 3.81. The van der Waals surface area contributed by atoms with Gasteiger partial charge in [0, 0.05) is 37.2 Å². The van der Waals surface area contributed by atoms with Crippen molar-refractivity contribution < 1.29 is 24.2 Å². The summed E-state index contributed by atoms with van der Waals surface area (Å²) in [5.74, 6) is 0.273. The van der Waals surface area contributed by atoms with Crippen LogP contribution < -0.4 is 14.8 Å². The molecular formula is C18H24N2O5. The van der Waals surface area contributed by atoms with E-state index in [0.717, 1.165) is 29.0 Å². The smallest absolute Gasteiger partial charge is 0.317 e. The van der Waals surface area contributed by atoms with Crippen molar-refractivity contribution in [2.45, 2.75) is 39.3 Å². The van der Waals surface area contributed by atoms with Crippen molar-refractivity contribution in [2.75, 3.05) is 19.7 Å². The normalized spacial score (nSPS) is 21.6. The van der Waals surface area contributed by atoms with Crippen LogP contribution in [0.2, 0.25) is 0 Å². The number of amides is 2. The Kier molecular flexibility index (Phi) is 5.01. The number of ether oxygens (including phenoxy) is 2. The maximum Gasteiger partial charge on any atom is 0.317 e. The van der Waals surface area contributed by atoms with Gasteiger partial charge in [-0.15, -0.1) is 0 Å². The van der Waals surface area contributed by atoms with Crippen molar-refractivity contribution in [3.63, 3.8) is 0 Å². The Hall–Kier alpha value is -2.44. The van der Waals surface area contributed by atoms with Gasteiger partial charge in [0.15, 0.2) is 0 Å². The van der Waals surface area contributed by atoms with Crippen molar-refractivity contribution in [3.8, 4) is 11.5 Å². The lowest BCUT2D eigenvalue weighted by Gasteiger charge is -2.18. The zero-order valence-electron chi connectivity index (χ0n) is 14.6. The van der Waals surface area contributed by atoms with Crippen molar-refractivity contribution in [3.05, 3.63) is 23.3 Å². The third-order valence-electron chi connectivity index (χ3n) is 4.63. The minimum Gasteiger partial charge on any atom is -0.494 e. The van der Waals surface area contributed by atoms with Crippen LogP contribution in [-0.4, -0.2) is 47.8 Å². The second-order valence-electron chi connectivity index (χ2n) is 6.56. The monoisotopic (exact) mass is 348 g/mol. The fourth-order valence-corrected chi connectivity index (χ4v) is 3.34. The van der Waals surface area contributed by atoms with Gasteiger partial charge < -0.3 is 24.8 Å². The van der Waals surface area contributed by atoms with Crippen LogP contribution in [0.25, 0.3) is 0 Å². The Balaban J connectivity index is 1.65. The predicted octanol–water partition coefficient (Wildman–Crippen LogP) is 2.02. The molecule has 1 saturated heterocycles. The highest BCUT2D eigenvalue weighted by Gasteiger charge is 2.31. The molecule has 7 nitrogen and oxygen atoms in total. The SMILES string of the molecule is CCOc1cc2c(cc1CNC(=O)N1CCC(C(=O)O)C1)OC(C)C2. The van der Waals surface area contributed by atoms with E-state index in [0.29, 0.717) is 26.1 Å². The molecule has 7 heteroatoms. The van der Waals surface area contributed by atoms with E-state index in [4.69, 9.17) is 14.6 Å². The summed E-state index contributed by atoms with van der Waals surface area (Å²) in [5.41, 5.74) is 1.98. The number of fused-ring (bicyclic) bond motifs is 1. The van der Waals surface area contributed by atoms with Crippen LogP contribution in [0.3, 0.4) is 0 Å². The van der Waals surface area contributed by atoms with Gasteiger partial charge in [0.25, 0.3) is 0 Å². The molecule has 0 saturated carbocycles. The van der Waals surface area contributed by atoms with E-state index in [1.54, 1.807) is 4.90 Å². The molecule has 2 atom stereocenters. The number of hydrogen-bond donors (Lipinski definition) is 2. The van der Waals surface area contributed by atoms with E-state index in [-0.39, 0.29) is 18.7 Å². The van der Waals surface area contributed by atoms with E-state index in [1.165, 1.54) is 0 Å². The van der Waals surface area contributed by atoms with Gasteiger partial charge in [0.1, 0.15) is 17.6 Å². The van der Waals surface area contributed by atoms with E-state index < -0.39 is 11.9 Å². The Morgan fingerprint density at radius 2 is 2.24 bits per heavy atom. The molecule has 1 fully saturated rings. The molecule has 0 aromatic heterocycles. The van der Waals surface area contributed by atoms with E-state index in [9.17, 15) is 9.59 Å². The van der Waals surface area contributed by atoms with Gasteiger partial charge in [-0.05, 0) is 32.4 Å². The number of benzene rings is 1. The minimum absolute atomic E-state index is 0.145. The van der Waals surface area contributed by atoms with Crippen LogP contribution in [0, 0.1) is 5.92 Å². The molecule has 0 bridgehead atoms. The van der Waals surface area contributed by atoms with Crippen LogP contribution in [0.1, 0.15) is 31.4 Å². The molecule has 3 rings (SSSR count). The molecule has 2 heterocycles. The number of carboxylic acids is 1. The van der Waals surface area contributed by atoms with Crippen LogP contribution in [0.5, 0.6) is 11.5 Å². The molecule has 0 spiro atoms. The summed E-state index contributed by atoms with van der Waals surface area (Å²) in [4.78, 5) is 24.9. The van der Waals surface area contributed by atoms with Crippen LogP contribution in [0.4, 0.5) is 4.79 Å². The number of aliphatic carboxylic acids is 1. The summed E-state index contributed by atoms with van der Waals surface area (Å²) in [6.07, 6.45) is 1.50. The molecule has 2 N–H and O–H groups in total. The largest absolute Gasteiger partial charge is 0.494 e. The lowest BCUT2D eigenvalue weighted by molar-refractivity contribution is -0.141. The number of rotatable bonds is 5. The maximum atomic E-state index is 12.3. The molecule has 136 valence electrons. The summed E-state index contributed by atoms with van der Waals surface area (Å²) >= 11 is 0. The van der Waals surface area contributed by atoms with E-state index in [1.807, 2.05) is 26.0 Å². The first-order chi connectivity index (χ1) is 12.0. The number of nitrogens with one attached hydrogen (secondary N) is 1. The summed E-state index contributed by atoms with van der Waals surface area (Å²) in [5, 5.41) is 11.9. The molecule has 0 aliphatic carbocycles. The van der Waals surface area contributed by atoms with Crippen LogP contribution in [0.15, 0.2) is 12.1 Å². The van der Waals surface area contributed by atoms with Gasteiger partial charge >= 0.3 is 12.0 Å². The lowest BCUT2D eigenvalue weighted by atomic mass is 10.1. The molecule has 1 aromatic rings. The predicted molar refractivity (Wildman–Crippen MR) is 91.0 cm³/mol. The topological polar surface area (TPSA) is 88.1 Å². The van der Waals surface area contributed by atoms with E-state index in [2.05, 4.69) is 5.32 Å². The molecule has 25 heavy (non-hydrogen) atoms. The summed E-state index contributed by atoms with van der Waals surface area (Å²) in [6, 6.07) is 3.66. The first-order valence-electron chi connectivity index (χ1n) is 8.68. The number of carboxylic acid groups (broad SMARTS) is 1. The number of carbonyl (C=O) groups excluding carboxylic acids is 1. The summed E-state index contributed by atoms with van der Waals surface area (Å²) in [7, 11) is 0. The quantitative estimate of drug-likeness (QED) is 0.850. The third-order valence-corrected chi connectivity index (χ3v) is 4.63. The van der Waals surface area contributed by atoms with Gasteiger partial charge in [-0.3, -0.25) is 4.79 Å². The average Bonchev–Trinajstić information content (AvgIpc) is 3.18. The van der Waals surface area contributed by atoms with Crippen molar-refractivity contribution in [1.29, 1.82) is 0 Å². The molecule has 2 amide bonds. The molecule has 2 aliphatic rings. The Labute approximate surface area is 146 Å². The fourth-order valence-electron chi connectivity index (χ4n) is 3.34. The highest BCUT2D eigenvalue weighted by molar-refractivity contribution is 5.77. The number of urea groups is 1. The Morgan fingerprint density at radius 1 is 1.44 bits per heavy atom. The second-order valence-corrected chi connectivity index (χ2v) is 6.56. The highest BCUT2D eigenvalue weighted by atomic mass is 16.5. The van der Waals surface area contributed by atoms with Crippen molar-refractivity contribution >= 4 is 12.0 Å². The van der Waals surface area contributed by atoms with Crippen LogP contribution in [-0.2, 0) is 17.8 Å². The maximum absolute atomic E-state index is 12.3.